The van der Waals surface area contributed by atoms with Crippen LogP contribution >= 0.6 is 0 Å². The summed E-state index contributed by atoms with van der Waals surface area (Å²) in [5.74, 6) is 0.159. The normalized spacial score (nSPS) is 33.7. The van der Waals surface area contributed by atoms with Crippen molar-refractivity contribution in [1.82, 2.24) is 10.2 Å². The fourth-order valence-electron chi connectivity index (χ4n) is 3.30. The van der Waals surface area contributed by atoms with Crippen LogP contribution in [-0.4, -0.2) is 48.7 Å². The molecule has 0 bridgehead atoms. The van der Waals surface area contributed by atoms with E-state index in [9.17, 15) is 4.79 Å². The molecular weight excluding hydrogens is 228 g/mol. The maximum Gasteiger partial charge on any atom is 0.306 e. The third-order valence-electron chi connectivity index (χ3n) is 4.55. The van der Waals surface area contributed by atoms with Gasteiger partial charge in [-0.25, -0.2) is 0 Å². The number of likely N-dealkylation sites (tertiary alicyclic amines) is 1. The van der Waals surface area contributed by atoms with Crippen molar-refractivity contribution in [2.45, 2.75) is 44.6 Å². The highest BCUT2D eigenvalue weighted by atomic mass is 16.4. The van der Waals surface area contributed by atoms with E-state index < -0.39 is 5.97 Å². The molecule has 2 N–H and O–H groups in total. The molecule has 2 aliphatic rings. The van der Waals surface area contributed by atoms with E-state index in [2.05, 4.69) is 17.3 Å². The third-order valence-corrected chi connectivity index (χ3v) is 4.55. The Morgan fingerprint density at radius 1 is 1.28 bits per heavy atom. The van der Waals surface area contributed by atoms with Gasteiger partial charge in [0.2, 0.25) is 0 Å². The molecule has 1 aliphatic heterocycles. The minimum atomic E-state index is -0.609. The minimum Gasteiger partial charge on any atom is -0.481 e. The first-order chi connectivity index (χ1) is 8.65. The van der Waals surface area contributed by atoms with Gasteiger partial charge in [-0.2, -0.15) is 0 Å². The third kappa shape index (κ3) is 3.95. The minimum absolute atomic E-state index is 0.0912. The van der Waals surface area contributed by atoms with E-state index in [0.717, 1.165) is 38.1 Å². The zero-order chi connectivity index (χ0) is 13.0. The van der Waals surface area contributed by atoms with Gasteiger partial charge < -0.3 is 15.3 Å². The molecule has 1 aliphatic carbocycles. The number of hydrogen-bond donors (Lipinski definition) is 2. The highest BCUT2D eigenvalue weighted by molar-refractivity contribution is 5.70. The van der Waals surface area contributed by atoms with E-state index in [1.54, 1.807) is 0 Å². The van der Waals surface area contributed by atoms with Crippen molar-refractivity contribution in [1.29, 1.82) is 0 Å². The second kappa shape index (κ2) is 6.53. The Bertz CT molecular complexity index is 275. The molecule has 1 unspecified atom stereocenters. The Labute approximate surface area is 110 Å². The van der Waals surface area contributed by atoms with E-state index in [4.69, 9.17) is 5.11 Å². The van der Waals surface area contributed by atoms with Gasteiger partial charge in [0, 0.05) is 12.6 Å². The maximum atomic E-state index is 10.9. The molecule has 1 heterocycles. The molecule has 2 fully saturated rings. The lowest BCUT2D eigenvalue weighted by molar-refractivity contribution is -0.142. The van der Waals surface area contributed by atoms with Crippen LogP contribution in [0.1, 0.15) is 38.5 Å². The molecule has 1 saturated carbocycles. The molecule has 0 radical (unpaired) electrons. The average molecular weight is 254 g/mol. The second-order valence-electron chi connectivity index (χ2n) is 6.05. The van der Waals surface area contributed by atoms with E-state index >= 15 is 0 Å². The molecule has 2 rings (SSSR count). The van der Waals surface area contributed by atoms with Crippen molar-refractivity contribution in [3.8, 4) is 0 Å². The summed E-state index contributed by atoms with van der Waals surface area (Å²) in [6.45, 7) is 3.59. The first kappa shape index (κ1) is 13.8. The molecular formula is C14H26N2O2. The van der Waals surface area contributed by atoms with E-state index in [1.807, 2.05) is 0 Å². The molecule has 4 nitrogen and oxygen atoms in total. The molecule has 18 heavy (non-hydrogen) atoms. The highest BCUT2D eigenvalue weighted by Gasteiger charge is 2.26. The Hall–Kier alpha value is -0.610. The number of rotatable bonds is 5. The Kier molecular flexibility index (Phi) is 5.01. The van der Waals surface area contributed by atoms with Crippen LogP contribution in [0.3, 0.4) is 0 Å². The fourth-order valence-corrected chi connectivity index (χ4v) is 3.30. The Morgan fingerprint density at radius 3 is 2.56 bits per heavy atom. The van der Waals surface area contributed by atoms with Gasteiger partial charge >= 0.3 is 5.97 Å². The summed E-state index contributed by atoms with van der Waals surface area (Å²) in [7, 11) is 2.20. The molecule has 0 aromatic rings. The maximum absolute atomic E-state index is 10.9. The number of nitrogens with zero attached hydrogens (tertiary/aromatic N) is 1. The molecule has 0 aromatic heterocycles. The topological polar surface area (TPSA) is 52.6 Å². The van der Waals surface area contributed by atoms with Crippen molar-refractivity contribution in [3.05, 3.63) is 0 Å². The van der Waals surface area contributed by atoms with Crippen molar-refractivity contribution >= 4 is 5.97 Å². The molecule has 0 aromatic carbocycles. The van der Waals surface area contributed by atoms with Crippen LogP contribution in [0, 0.1) is 11.8 Å². The zero-order valence-electron chi connectivity index (χ0n) is 11.4. The lowest BCUT2D eigenvalue weighted by atomic mass is 9.86. The lowest BCUT2D eigenvalue weighted by Gasteiger charge is -2.27. The van der Waals surface area contributed by atoms with Gasteiger partial charge in [0.05, 0.1) is 5.92 Å². The van der Waals surface area contributed by atoms with Crippen LogP contribution in [0.2, 0.25) is 0 Å². The summed E-state index contributed by atoms with van der Waals surface area (Å²) < 4.78 is 0. The molecule has 1 saturated heterocycles. The highest BCUT2D eigenvalue weighted by Crippen LogP contribution is 2.24. The first-order valence-electron chi connectivity index (χ1n) is 7.30. The molecule has 1 atom stereocenters. The summed E-state index contributed by atoms with van der Waals surface area (Å²) in [6, 6.07) is 0.555. The quantitative estimate of drug-likeness (QED) is 0.782. The van der Waals surface area contributed by atoms with E-state index in [0.29, 0.717) is 6.04 Å². The predicted molar refractivity (Wildman–Crippen MR) is 71.6 cm³/mol. The fraction of sp³-hybridized carbons (Fsp3) is 0.929. The average Bonchev–Trinajstić information content (AvgIpc) is 2.76. The second-order valence-corrected chi connectivity index (χ2v) is 6.05. The zero-order valence-corrected chi connectivity index (χ0v) is 11.4. The van der Waals surface area contributed by atoms with Gasteiger partial charge in [-0.05, 0) is 64.6 Å². The van der Waals surface area contributed by atoms with Crippen LogP contribution in [0.5, 0.6) is 0 Å². The van der Waals surface area contributed by atoms with Crippen LogP contribution in [0.15, 0.2) is 0 Å². The van der Waals surface area contributed by atoms with Crippen LogP contribution in [0.25, 0.3) is 0 Å². The largest absolute Gasteiger partial charge is 0.481 e. The number of nitrogens with one attached hydrogen (secondary N) is 1. The molecule has 104 valence electrons. The smallest absolute Gasteiger partial charge is 0.306 e. The van der Waals surface area contributed by atoms with Gasteiger partial charge in [0.15, 0.2) is 0 Å². The lowest BCUT2D eigenvalue weighted by Crippen LogP contribution is -2.36. The van der Waals surface area contributed by atoms with Crippen LogP contribution in [0.4, 0.5) is 0 Å². The van der Waals surface area contributed by atoms with Crippen LogP contribution in [-0.2, 0) is 4.79 Å². The summed E-state index contributed by atoms with van der Waals surface area (Å²) in [6.07, 6.45) is 6.36. The summed E-state index contributed by atoms with van der Waals surface area (Å²) in [4.78, 5) is 13.3. The Balaban J connectivity index is 1.57. The Morgan fingerprint density at radius 2 is 2.00 bits per heavy atom. The van der Waals surface area contributed by atoms with Crippen molar-refractivity contribution in [2.24, 2.45) is 11.8 Å². The van der Waals surface area contributed by atoms with Gasteiger partial charge in [0.1, 0.15) is 0 Å². The standard InChI is InChI=1S/C14H26N2O2/c1-16-9-7-11(10-16)6-8-15-13-4-2-12(3-5-13)14(17)18/h11-13,15H,2-10H2,1H3,(H,17,18). The number of carbonyl (C=O) groups is 1. The predicted octanol–water partition coefficient (Wildman–Crippen LogP) is 1.56. The number of hydrogen-bond acceptors (Lipinski definition) is 3. The molecule has 0 spiro atoms. The molecule has 0 amide bonds. The van der Waals surface area contributed by atoms with Crippen molar-refractivity contribution in [2.75, 3.05) is 26.7 Å². The first-order valence-corrected chi connectivity index (χ1v) is 7.30. The van der Waals surface area contributed by atoms with Gasteiger partial charge in [-0.3, -0.25) is 4.79 Å². The van der Waals surface area contributed by atoms with Crippen molar-refractivity contribution in [3.63, 3.8) is 0 Å². The SMILES string of the molecule is CN1CCC(CCNC2CCC(C(=O)O)CC2)C1. The van der Waals surface area contributed by atoms with E-state index in [-0.39, 0.29) is 5.92 Å². The van der Waals surface area contributed by atoms with Gasteiger partial charge in [-0.15, -0.1) is 0 Å². The van der Waals surface area contributed by atoms with Crippen molar-refractivity contribution < 1.29 is 9.90 Å². The monoisotopic (exact) mass is 254 g/mol. The number of carboxylic acids is 1. The summed E-state index contributed by atoms with van der Waals surface area (Å²) in [5.41, 5.74) is 0. The summed E-state index contributed by atoms with van der Waals surface area (Å²) >= 11 is 0. The van der Waals surface area contributed by atoms with E-state index in [1.165, 1.54) is 25.9 Å². The summed E-state index contributed by atoms with van der Waals surface area (Å²) in [5, 5.41) is 12.6. The number of aliphatic carboxylic acids is 1. The van der Waals surface area contributed by atoms with Crippen LogP contribution < -0.4 is 5.32 Å². The molecule has 4 heteroatoms. The van der Waals surface area contributed by atoms with Gasteiger partial charge in [0.25, 0.3) is 0 Å². The van der Waals surface area contributed by atoms with Gasteiger partial charge in [-0.1, -0.05) is 0 Å². The number of carboxylic acid groups (broad SMARTS) is 1.